The van der Waals surface area contributed by atoms with Crippen LogP contribution in [0.3, 0.4) is 0 Å². The zero-order chi connectivity index (χ0) is 16.5. The first-order chi connectivity index (χ1) is 11.7. The van der Waals surface area contributed by atoms with Gasteiger partial charge in [0, 0.05) is 25.2 Å². The van der Waals surface area contributed by atoms with Crippen molar-refractivity contribution in [3.05, 3.63) is 47.0 Å². The van der Waals surface area contributed by atoms with Crippen molar-refractivity contribution in [2.45, 2.75) is 19.5 Å². The van der Waals surface area contributed by atoms with Gasteiger partial charge >= 0.3 is 0 Å². The Morgan fingerprint density at radius 1 is 1.29 bits per heavy atom. The van der Waals surface area contributed by atoms with Crippen molar-refractivity contribution in [1.82, 2.24) is 14.9 Å². The van der Waals surface area contributed by atoms with E-state index in [4.69, 9.17) is 15.2 Å². The van der Waals surface area contributed by atoms with Crippen LogP contribution in [-0.4, -0.2) is 40.5 Å². The molecular weight excluding hydrogens is 308 g/mol. The summed E-state index contributed by atoms with van der Waals surface area (Å²) in [6, 6.07) is 6.01. The Morgan fingerprint density at radius 2 is 2.12 bits per heavy atom. The summed E-state index contributed by atoms with van der Waals surface area (Å²) in [5.74, 6) is 0.984. The van der Waals surface area contributed by atoms with E-state index in [1.54, 1.807) is 0 Å². The van der Waals surface area contributed by atoms with Crippen LogP contribution in [-0.2, 0) is 19.5 Å². The largest absolute Gasteiger partial charge is 0.486 e. The molecule has 123 valence electrons. The molecule has 0 atom stereocenters. The maximum Gasteiger partial charge on any atom is 0.286 e. The molecule has 24 heavy (non-hydrogen) atoms. The molecule has 0 saturated carbocycles. The molecule has 3 heterocycles. The van der Waals surface area contributed by atoms with Crippen LogP contribution in [0.4, 0.5) is 0 Å². The van der Waals surface area contributed by atoms with E-state index in [1.807, 2.05) is 18.2 Å². The lowest BCUT2D eigenvalue weighted by atomic mass is 10.1. The third-order valence-electron chi connectivity index (χ3n) is 4.17. The maximum absolute atomic E-state index is 11.2. The summed E-state index contributed by atoms with van der Waals surface area (Å²) in [6.07, 6.45) is 3.69. The minimum Gasteiger partial charge on any atom is -0.486 e. The molecule has 1 radical (unpaired) electrons. The Kier molecular flexibility index (Phi) is 3.78. The van der Waals surface area contributed by atoms with Crippen molar-refractivity contribution >= 4 is 5.91 Å². The first-order valence-electron chi connectivity index (χ1n) is 7.87. The molecule has 0 aliphatic carbocycles. The second kappa shape index (κ2) is 6.09. The highest BCUT2D eigenvalue weighted by Crippen LogP contribution is 2.31. The van der Waals surface area contributed by atoms with Gasteiger partial charge in [-0.05, 0) is 24.1 Å². The second-order valence-corrected chi connectivity index (χ2v) is 5.89. The Labute approximate surface area is 139 Å². The number of fused-ring (bicyclic) bond motifs is 2. The van der Waals surface area contributed by atoms with Gasteiger partial charge in [0.15, 0.2) is 11.5 Å². The monoisotopic (exact) mass is 325 g/mol. The number of carbonyl (C=O) groups excluding carboxylic acids is 1. The van der Waals surface area contributed by atoms with Crippen LogP contribution in [0.5, 0.6) is 11.5 Å². The summed E-state index contributed by atoms with van der Waals surface area (Å²) in [5.41, 5.74) is 8.17. The summed E-state index contributed by atoms with van der Waals surface area (Å²) in [6.45, 7) is 3.47. The molecule has 0 saturated heterocycles. The minimum atomic E-state index is -0.627. The van der Waals surface area contributed by atoms with Crippen LogP contribution in [0.15, 0.2) is 18.2 Å². The lowest BCUT2D eigenvalue weighted by molar-refractivity contribution is 0.0989. The van der Waals surface area contributed by atoms with E-state index in [0.29, 0.717) is 19.8 Å². The second-order valence-electron chi connectivity index (χ2n) is 5.89. The van der Waals surface area contributed by atoms with Gasteiger partial charge in [0.05, 0.1) is 11.9 Å². The first-order valence-corrected chi connectivity index (χ1v) is 7.87. The summed E-state index contributed by atoms with van der Waals surface area (Å²) in [4.78, 5) is 21.7. The quantitative estimate of drug-likeness (QED) is 0.893. The Hall–Kier alpha value is -2.67. The average molecular weight is 325 g/mol. The number of carbonyl (C=O) groups is 1. The van der Waals surface area contributed by atoms with Gasteiger partial charge in [-0.25, -0.2) is 9.97 Å². The van der Waals surface area contributed by atoms with Crippen LogP contribution in [0.25, 0.3) is 0 Å². The standard InChI is InChI=1S/C17H17N4O3/c18-16(22)17-19-8-12-3-4-21(10-13(12)20-17)9-11-1-2-14-15(7-11)24-6-5-23-14/h1-2,7H,3-6,9-10H2,(H2,18,22). The van der Waals surface area contributed by atoms with Crippen LogP contribution in [0, 0.1) is 6.20 Å². The minimum absolute atomic E-state index is 0.0231. The molecule has 0 spiro atoms. The first kappa shape index (κ1) is 14.9. The van der Waals surface area contributed by atoms with Gasteiger partial charge in [-0.3, -0.25) is 9.69 Å². The van der Waals surface area contributed by atoms with Crippen molar-refractivity contribution in [3.63, 3.8) is 0 Å². The highest BCUT2D eigenvalue weighted by molar-refractivity contribution is 5.88. The molecule has 1 aromatic carbocycles. The number of aromatic nitrogens is 2. The van der Waals surface area contributed by atoms with E-state index >= 15 is 0 Å². The van der Waals surface area contributed by atoms with Gasteiger partial charge in [-0.15, -0.1) is 0 Å². The fourth-order valence-electron chi connectivity index (χ4n) is 2.99. The number of nitrogens with zero attached hydrogens (tertiary/aromatic N) is 3. The van der Waals surface area contributed by atoms with Gasteiger partial charge in [0.2, 0.25) is 5.82 Å². The number of ether oxygens (including phenoxy) is 2. The lowest BCUT2D eigenvalue weighted by Crippen LogP contribution is -2.32. The average Bonchev–Trinajstić information content (AvgIpc) is 2.61. The van der Waals surface area contributed by atoms with Crippen molar-refractivity contribution < 1.29 is 14.3 Å². The lowest BCUT2D eigenvalue weighted by Gasteiger charge is -2.28. The van der Waals surface area contributed by atoms with Crippen molar-refractivity contribution in [2.75, 3.05) is 19.8 Å². The molecule has 2 aliphatic heterocycles. The molecule has 0 bridgehead atoms. The van der Waals surface area contributed by atoms with Gasteiger partial charge in [-0.2, -0.15) is 0 Å². The predicted octanol–water partition coefficient (Wildman–Crippen LogP) is 0.705. The van der Waals surface area contributed by atoms with Gasteiger partial charge in [0.25, 0.3) is 5.91 Å². The van der Waals surface area contributed by atoms with Gasteiger partial charge in [0.1, 0.15) is 13.2 Å². The van der Waals surface area contributed by atoms with E-state index in [-0.39, 0.29) is 5.82 Å². The van der Waals surface area contributed by atoms with E-state index in [9.17, 15) is 4.79 Å². The van der Waals surface area contributed by atoms with E-state index in [0.717, 1.165) is 47.8 Å². The van der Waals surface area contributed by atoms with Crippen molar-refractivity contribution in [2.24, 2.45) is 5.73 Å². The molecule has 2 N–H and O–H groups in total. The molecule has 4 rings (SSSR count). The molecule has 1 amide bonds. The molecule has 2 aromatic rings. The third kappa shape index (κ3) is 2.90. The topological polar surface area (TPSA) is 90.6 Å². The van der Waals surface area contributed by atoms with Gasteiger partial charge in [-0.1, -0.05) is 6.07 Å². The number of benzene rings is 1. The van der Waals surface area contributed by atoms with Crippen LogP contribution in [0.1, 0.15) is 27.4 Å². The highest BCUT2D eigenvalue weighted by Gasteiger charge is 2.21. The number of amides is 1. The van der Waals surface area contributed by atoms with Crippen LogP contribution < -0.4 is 15.2 Å². The van der Waals surface area contributed by atoms with Crippen LogP contribution in [0.2, 0.25) is 0 Å². The normalized spacial score (nSPS) is 16.5. The molecule has 0 fully saturated rings. The molecular formula is C17H17N4O3. The summed E-state index contributed by atoms with van der Waals surface area (Å²) in [5, 5.41) is 0. The number of primary amides is 1. The Bertz CT molecular complexity index is 793. The van der Waals surface area contributed by atoms with E-state index < -0.39 is 5.91 Å². The Balaban J connectivity index is 1.50. The van der Waals surface area contributed by atoms with Crippen molar-refractivity contribution in [1.29, 1.82) is 0 Å². The molecule has 2 aliphatic rings. The molecule has 0 unspecified atom stereocenters. The van der Waals surface area contributed by atoms with Gasteiger partial charge < -0.3 is 15.2 Å². The Morgan fingerprint density at radius 3 is 2.96 bits per heavy atom. The summed E-state index contributed by atoms with van der Waals surface area (Å²) in [7, 11) is 0. The summed E-state index contributed by atoms with van der Waals surface area (Å²) < 4.78 is 11.2. The number of hydrogen-bond acceptors (Lipinski definition) is 6. The number of rotatable bonds is 3. The SMILES string of the molecule is NC(=O)c1n[c]c2c(n1)CN(Cc1ccc3c(c1)OCCO3)CC2. The van der Waals surface area contributed by atoms with Crippen molar-refractivity contribution in [3.8, 4) is 11.5 Å². The van der Waals surface area contributed by atoms with E-state index in [1.165, 1.54) is 0 Å². The molecule has 7 heteroatoms. The maximum atomic E-state index is 11.2. The zero-order valence-corrected chi connectivity index (χ0v) is 13.1. The fourth-order valence-corrected chi connectivity index (χ4v) is 2.99. The molecule has 7 nitrogen and oxygen atoms in total. The number of hydrogen-bond donors (Lipinski definition) is 1. The van der Waals surface area contributed by atoms with Crippen LogP contribution >= 0.6 is 0 Å². The third-order valence-corrected chi connectivity index (χ3v) is 4.17. The summed E-state index contributed by atoms with van der Waals surface area (Å²) >= 11 is 0. The molecule has 1 aromatic heterocycles. The predicted molar refractivity (Wildman–Crippen MR) is 84.6 cm³/mol. The highest BCUT2D eigenvalue weighted by atomic mass is 16.6. The fraction of sp³-hybridized carbons (Fsp3) is 0.353. The zero-order valence-electron chi connectivity index (χ0n) is 13.1. The number of nitrogens with two attached hydrogens (primary N) is 1. The van der Waals surface area contributed by atoms with E-state index in [2.05, 4.69) is 21.1 Å². The smallest absolute Gasteiger partial charge is 0.286 e.